The summed E-state index contributed by atoms with van der Waals surface area (Å²) >= 11 is 0. The van der Waals surface area contributed by atoms with Crippen LogP contribution in [-0.4, -0.2) is 50.5 Å². The van der Waals surface area contributed by atoms with Crippen LogP contribution in [0.5, 0.6) is 0 Å². The molecule has 1 aromatic heterocycles. The Labute approximate surface area is 176 Å². The summed E-state index contributed by atoms with van der Waals surface area (Å²) in [4.78, 5) is 32.6. The van der Waals surface area contributed by atoms with E-state index in [0.29, 0.717) is 32.1 Å². The Bertz CT molecular complexity index is 903. The molecular weight excluding hydrogens is 380 g/mol. The van der Waals surface area contributed by atoms with E-state index in [4.69, 9.17) is 0 Å². The van der Waals surface area contributed by atoms with E-state index >= 15 is 0 Å². The van der Waals surface area contributed by atoms with Crippen LogP contribution in [0.2, 0.25) is 0 Å². The van der Waals surface area contributed by atoms with E-state index in [1.807, 2.05) is 36.4 Å². The van der Waals surface area contributed by atoms with Crippen LogP contribution in [0.3, 0.4) is 0 Å². The molecule has 0 saturated carbocycles. The Hall–Kier alpha value is -2.93. The van der Waals surface area contributed by atoms with Crippen molar-refractivity contribution in [1.82, 2.24) is 14.8 Å². The Morgan fingerprint density at radius 3 is 2.40 bits per heavy atom. The fraction of sp³-hybridized carbons (Fsp3) is 0.435. The van der Waals surface area contributed by atoms with E-state index in [0.717, 1.165) is 29.8 Å². The van der Waals surface area contributed by atoms with Gasteiger partial charge in [-0.2, -0.15) is 0 Å². The summed E-state index contributed by atoms with van der Waals surface area (Å²) < 4.78 is 0. The van der Waals surface area contributed by atoms with Gasteiger partial charge in [0.25, 0.3) is 5.91 Å². The second-order valence-electron chi connectivity index (χ2n) is 8.64. The van der Waals surface area contributed by atoms with Crippen LogP contribution in [0.15, 0.2) is 42.6 Å². The maximum absolute atomic E-state index is 12.6. The number of hydrogen-bond acceptors (Lipinski definition) is 4. The first-order valence-electron chi connectivity index (χ1n) is 10.4. The molecule has 1 aromatic carbocycles. The summed E-state index contributed by atoms with van der Waals surface area (Å²) in [5.74, 6) is 0.165. The Balaban J connectivity index is 1.31. The average molecular weight is 409 g/mol. The number of anilines is 1. The molecule has 2 aliphatic heterocycles. The Morgan fingerprint density at radius 2 is 1.77 bits per heavy atom. The van der Waals surface area contributed by atoms with Crippen LogP contribution >= 0.6 is 0 Å². The molecule has 2 aliphatic rings. The third kappa shape index (κ3) is 4.31. The van der Waals surface area contributed by atoms with Crippen LogP contribution in [0.25, 0.3) is 0 Å². The number of benzene rings is 1. The van der Waals surface area contributed by atoms with Gasteiger partial charge in [-0.1, -0.05) is 18.2 Å². The molecule has 158 valence electrons. The smallest absolute Gasteiger partial charge is 0.322 e. The monoisotopic (exact) mass is 408 g/mol. The molecule has 0 unspecified atom stereocenters. The standard InChI is InChI=1S/C23H28N4O3/c1-23(2,30)21(28)26-12-9-17(10-13-26)16-5-7-19(8-6-16)25-22(29)27-14-18-4-3-11-24-20(18)15-27/h3-8,11,17,30H,9-10,12-15H2,1-2H3,(H,25,29). The van der Waals surface area contributed by atoms with Gasteiger partial charge in [-0.25, -0.2) is 4.79 Å². The number of likely N-dealkylation sites (tertiary alicyclic amines) is 1. The number of nitrogens with zero attached hydrogens (tertiary/aromatic N) is 3. The lowest BCUT2D eigenvalue weighted by molar-refractivity contribution is -0.148. The molecule has 3 heterocycles. The fourth-order valence-electron chi connectivity index (χ4n) is 4.19. The van der Waals surface area contributed by atoms with Crippen molar-refractivity contribution >= 4 is 17.6 Å². The van der Waals surface area contributed by atoms with Crippen molar-refractivity contribution in [3.05, 3.63) is 59.4 Å². The second-order valence-corrected chi connectivity index (χ2v) is 8.64. The van der Waals surface area contributed by atoms with Crippen molar-refractivity contribution in [3.8, 4) is 0 Å². The SMILES string of the molecule is CC(C)(O)C(=O)N1CCC(c2ccc(NC(=O)N3Cc4cccnc4C3)cc2)CC1. The van der Waals surface area contributed by atoms with Gasteiger partial charge >= 0.3 is 6.03 Å². The molecule has 30 heavy (non-hydrogen) atoms. The summed E-state index contributed by atoms with van der Waals surface area (Å²) in [5.41, 5.74) is 2.71. The van der Waals surface area contributed by atoms with Gasteiger partial charge in [0.15, 0.2) is 0 Å². The van der Waals surface area contributed by atoms with Crippen LogP contribution in [0.1, 0.15) is 49.4 Å². The average Bonchev–Trinajstić information content (AvgIpc) is 3.18. The number of hydrogen-bond donors (Lipinski definition) is 2. The summed E-state index contributed by atoms with van der Waals surface area (Å²) in [6, 6.07) is 11.7. The first-order valence-corrected chi connectivity index (χ1v) is 10.4. The number of piperidine rings is 1. The predicted molar refractivity (Wildman–Crippen MR) is 114 cm³/mol. The van der Waals surface area contributed by atoms with Gasteiger partial charge in [-0.15, -0.1) is 0 Å². The number of carbonyl (C=O) groups is 2. The molecule has 0 aliphatic carbocycles. The van der Waals surface area contributed by atoms with Crippen molar-refractivity contribution in [2.24, 2.45) is 0 Å². The van der Waals surface area contributed by atoms with Gasteiger partial charge in [0.2, 0.25) is 0 Å². The number of carbonyl (C=O) groups excluding carboxylic acids is 2. The van der Waals surface area contributed by atoms with Gasteiger partial charge in [-0.3, -0.25) is 9.78 Å². The normalized spacial score (nSPS) is 17.0. The molecule has 2 aromatic rings. The number of fused-ring (bicyclic) bond motifs is 1. The minimum absolute atomic E-state index is 0.126. The van der Waals surface area contributed by atoms with Crippen molar-refractivity contribution in [2.75, 3.05) is 18.4 Å². The highest BCUT2D eigenvalue weighted by Gasteiger charge is 2.32. The predicted octanol–water partition coefficient (Wildman–Crippen LogP) is 3.11. The quantitative estimate of drug-likeness (QED) is 0.817. The number of nitrogens with one attached hydrogen (secondary N) is 1. The van der Waals surface area contributed by atoms with E-state index in [-0.39, 0.29) is 11.9 Å². The van der Waals surface area contributed by atoms with Gasteiger partial charge < -0.3 is 20.2 Å². The van der Waals surface area contributed by atoms with Crippen LogP contribution in [0, 0.1) is 0 Å². The number of rotatable bonds is 3. The third-order valence-electron chi connectivity index (χ3n) is 5.91. The van der Waals surface area contributed by atoms with E-state index in [2.05, 4.69) is 10.3 Å². The zero-order valence-corrected chi connectivity index (χ0v) is 17.5. The fourth-order valence-corrected chi connectivity index (χ4v) is 4.19. The molecule has 0 radical (unpaired) electrons. The van der Waals surface area contributed by atoms with Crippen LogP contribution in [-0.2, 0) is 17.9 Å². The molecule has 0 spiro atoms. The molecule has 4 rings (SSSR count). The topological polar surface area (TPSA) is 85.8 Å². The van der Waals surface area contributed by atoms with E-state index < -0.39 is 5.60 Å². The lowest BCUT2D eigenvalue weighted by Gasteiger charge is -2.35. The van der Waals surface area contributed by atoms with Crippen LogP contribution < -0.4 is 5.32 Å². The third-order valence-corrected chi connectivity index (χ3v) is 5.91. The number of pyridine rings is 1. The Kier molecular flexibility index (Phi) is 5.47. The second kappa shape index (κ2) is 8.07. The number of aliphatic hydroxyl groups is 1. The van der Waals surface area contributed by atoms with E-state index in [1.165, 1.54) is 19.4 Å². The summed E-state index contributed by atoms with van der Waals surface area (Å²) in [6.07, 6.45) is 3.49. The number of amides is 3. The summed E-state index contributed by atoms with van der Waals surface area (Å²) in [5, 5.41) is 12.9. The molecule has 3 amide bonds. The molecule has 1 fully saturated rings. The molecule has 7 nitrogen and oxygen atoms in total. The number of urea groups is 1. The minimum atomic E-state index is -1.32. The molecule has 2 N–H and O–H groups in total. The molecular formula is C23H28N4O3. The van der Waals surface area contributed by atoms with Crippen molar-refractivity contribution < 1.29 is 14.7 Å². The van der Waals surface area contributed by atoms with Gasteiger partial charge in [0, 0.05) is 31.5 Å². The summed E-state index contributed by atoms with van der Waals surface area (Å²) in [7, 11) is 0. The lowest BCUT2D eigenvalue weighted by Crippen LogP contribution is -2.48. The summed E-state index contributed by atoms with van der Waals surface area (Å²) in [6.45, 7) is 5.47. The highest BCUT2D eigenvalue weighted by atomic mass is 16.3. The first-order chi connectivity index (χ1) is 14.3. The zero-order valence-electron chi connectivity index (χ0n) is 17.5. The molecule has 1 saturated heterocycles. The van der Waals surface area contributed by atoms with Gasteiger partial charge in [0.1, 0.15) is 5.60 Å². The van der Waals surface area contributed by atoms with E-state index in [9.17, 15) is 14.7 Å². The van der Waals surface area contributed by atoms with Gasteiger partial charge in [-0.05, 0) is 61.9 Å². The van der Waals surface area contributed by atoms with Crippen LogP contribution in [0.4, 0.5) is 10.5 Å². The maximum Gasteiger partial charge on any atom is 0.322 e. The number of aromatic nitrogens is 1. The van der Waals surface area contributed by atoms with Crippen molar-refractivity contribution in [2.45, 2.75) is 51.3 Å². The molecule has 0 atom stereocenters. The first kappa shape index (κ1) is 20.3. The zero-order chi connectivity index (χ0) is 21.3. The highest BCUT2D eigenvalue weighted by molar-refractivity contribution is 5.89. The molecule has 0 bridgehead atoms. The van der Waals surface area contributed by atoms with E-state index in [1.54, 1.807) is 16.0 Å². The lowest BCUT2D eigenvalue weighted by atomic mass is 9.89. The molecule has 7 heteroatoms. The highest BCUT2D eigenvalue weighted by Crippen LogP contribution is 2.30. The maximum atomic E-state index is 12.6. The largest absolute Gasteiger partial charge is 0.381 e. The van der Waals surface area contributed by atoms with Gasteiger partial charge in [0.05, 0.1) is 12.2 Å². The van der Waals surface area contributed by atoms with Crippen molar-refractivity contribution in [3.63, 3.8) is 0 Å². The Morgan fingerprint density at radius 1 is 1.07 bits per heavy atom. The van der Waals surface area contributed by atoms with Crippen molar-refractivity contribution in [1.29, 1.82) is 0 Å². The minimum Gasteiger partial charge on any atom is -0.381 e.